The first-order valence-electron chi connectivity index (χ1n) is 12.9. The Labute approximate surface area is 254 Å². The van der Waals surface area contributed by atoms with Crippen molar-refractivity contribution in [3.05, 3.63) is 78.5 Å². The summed E-state index contributed by atoms with van der Waals surface area (Å²) in [4.78, 5) is 29.9. The average molecular weight is 686 g/mol. The van der Waals surface area contributed by atoms with Crippen LogP contribution in [0.5, 0.6) is 17.2 Å². The van der Waals surface area contributed by atoms with E-state index in [0.29, 0.717) is 49.3 Å². The Hall–Kier alpha value is -3.70. The number of hydrogen-bond donors (Lipinski definition) is 1. The molecule has 0 aliphatic rings. The number of nitrogens with two attached hydrogens (primary N) is 1. The number of carbonyl (C=O) groups excluding carboxylic acids is 1. The standard InChI is InChI=1S/C30H30Br2N4O5/c1-6-40-23-11-17(4)21(13-20(23)16(2)3)29-35-22-10-8-7-9-19(22)30(38)36(29)34-14-18-12-24(39-5)28(27(32)26(18)31)41-15-25(33)37/h7-14,16H,6,15H2,1-5H3,(H2,33,37). The monoisotopic (exact) mass is 684 g/mol. The van der Waals surface area contributed by atoms with Gasteiger partial charge in [0.25, 0.3) is 11.5 Å². The predicted octanol–water partition coefficient (Wildman–Crippen LogP) is 6.17. The molecule has 0 aliphatic heterocycles. The van der Waals surface area contributed by atoms with Crippen LogP contribution in [0.4, 0.5) is 0 Å². The molecule has 0 fully saturated rings. The maximum absolute atomic E-state index is 13.8. The van der Waals surface area contributed by atoms with Crippen molar-refractivity contribution in [1.29, 1.82) is 0 Å². The number of halogens is 2. The van der Waals surface area contributed by atoms with E-state index in [-0.39, 0.29) is 18.1 Å². The van der Waals surface area contributed by atoms with Crippen LogP contribution in [-0.2, 0) is 4.79 Å². The molecule has 9 nitrogen and oxygen atoms in total. The van der Waals surface area contributed by atoms with Gasteiger partial charge in [0.2, 0.25) is 0 Å². The Morgan fingerprint density at radius 3 is 2.51 bits per heavy atom. The van der Waals surface area contributed by atoms with Gasteiger partial charge in [-0.15, -0.1) is 0 Å². The van der Waals surface area contributed by atoms with Crippen LogP contribution in [0, 0.1) is 6.92 Å². The molecule has 41 heavy (non-hydrogen) atoms. The summed E-state index contributed by atoms with van der Waals surface area (Å²) in [5.74, 6) is 1.40. The Kier molecular flexibility index (Phi) is 9.49. The van der Waals surface area contributed by atoms with Crippen LogP contribution < -0.4 is 25.5 Å². The number of hydrogen-bond acceptors (Lipinski definition) is 7. The van der Waals surface area contributed by atoms with Crippen LogP contribution in [0.25, 0.3) is 22.3 Å². The lowest BCUT2D eigenvalue weighted by molar-refractivity contribution is -0.119. The van der Waals surface area contributed by atoms with E-state index in [1.54, 1.807) is 18.2 Å². The zero-order chi connectivity index (χ0) is 29.8. The van der Waals surface area contributed by atoms with E-state index in [9.17, 15) is 9.59 Å². The molecule has 0 saturated heterocycles. The molecule has 1 heterocycles. The number of ether oxygens (including phenoxy) is 3. The summed E-state index contributed by atoms with van der Waals surface area (Å²) in [6.07, 6.45) is 1.53. The molecule has 0 atom stereocenters. The fourth-order valence-corrected chi connectivity index (χ4v) is 5.26. The number of amides is 1. The maximum atomic E-state index is 13.8. The second kappa shape index (κ2) is 12.9. The van der Waals surface area contributed by atoms with E-state index in [1.165, 1.54) is 18.0 Å². The second-order valence-electron chi connectivity index (χ2n) is 9.49. The van der Waals surface area contributed by atoms with Gasteiger partial charge >= 0.3 is 0 Å². The molecule has 2 N–H and O–H groups in total. The first kappa shape index (κ1) is 30.3. The normalized spacial score (nSPS) is 11.4. The average Bonchev–Trinajstić information content (AvgIpc) is 2.94. The number of benzene rings is 3. The Bertz CT molecular complexity index is 1720. The van der Waals surface area contributed by atoms with Gasteiger partial charge in [-0.25, -0.2) is 4.98 Å². The van der Waals surface area contributed by atoms with Crippen LogP contribution in [0.15, 0.2) is 61.3 Å². The highest BCUT2D eigenvalue weighted by Crippen LogP contribution is 2.42. The van der Waals surface area contributed by atoms with Crippen LogP contribution in [0.3, 0.4) is 0 Å². The summed E-state index contributed by atoms with van der Waals surface area (Å²) < 4.78 is 19.3. The smallest absolute Gasteiger partial charge is 0.282 e. The molecule has 0 unspecified atom stereocenters. The van der Waals surface area contributed by atoms with E-state index >= 15 is 0 Å². The molecule has 11 heteroatoms. The van der Waals surface area contributed by atoms with Crippen molar-refractivity contribution in [3.8, 4) is 28.6 Å². The predicted molar refractivity (Wildman–Crippen MR) is 168 cm³/mol. The van der Waals surface area contributed by atoms with Crippen LogP contribution in [-0.4, -0.2) is 42.1 Å². The molecule has 1 amide bonds. The van der Waals surface area contributed by atoms with E-state index in [4.69, 9.17) is 24.9 Å². The van der Waals surface area contributed by atoms with Crippen molar-refractivity contribution in [3.63, 3.8) is 0 Å². The summed E-state index contributed by atoms with van der Waals surface area (Å²) >= 11 is 7.04. The minimum absolute atomic E-state index is 0.177. The lowest BCUT2D eigenvalue weighted by Gasteiger charge is -2.18. The van der Waals surface area contributed by atoms with Gasteiger partial charge in [-0.2, -0.15) is 9.78 Å². The van der Waals surface area contributed by atoms with E-state index < -0.39 is 5.91 Å². The number of aromatic nitrogens is 2. The van der Waals surface area contributed by atoms with Gasteiger partial charge < -0.3 is 19.9 Å². The number of rotatable bonds is 10. The summed E-state index contributed by atoms with van der Waals surface area (Å²) in [6, 6.07) is 12.9. The van der Waals surface area contributed by atoms with Crippen molar-refractivity contribution < 1.29 is 19.0 Å². The van der Waals surface area contributed by atoms with Gasteiger partial charge in [-0.05, 0) is 93.1 Å². The molecule has 1 aromatic heterocycles. The largest absolute Gasteiger partial charge is 0.494 e. The number of carbonyl (C=O) groups is 1. The number of fused-ring (bicyclic) bond motifs is 1. The molecule has 0 aliphatic carbocycles. The zero-order valence-corrected chi connectivity index (χ0v) is 26.5. The number of methoxy groups -OCH3 is 1. The van der Waals surface area contributed by atoms with Gasteiger partial charge in [0.15, 0.2) is 23.9 Å². The van der Waals surface area contributed by atoms with E-state index in [0.717, 1.165) is 22.4 Å². The number of primary amides is 1. The maximum Gasteiger partial charge on any atom is 0.282 e. The number of nitrogens with zero attached hydrogens (tertiary/aromatic N) is 3. The highest BCUT2D eigenvalue weighted by molar-refractivity contribution is 9.13. The quantitative estimate of drug-likeness (QED) is 0.200. The van der Waals surface area contributed by atoms with Gasteiger partial charge in [-0.1, -0.05) is 26.0 Å². The van der Waals surface area contributed by atoms with Crippen molar-refractivity contribution in [1.82, 2.24) is 9.66 Å². The Balaban J connectivity index is 1.93. The van der Waals surface area contributed by atoms with E-state index in [1.807, 2.05) is 38.1 Å². The molecular formula is C30H30Br2N4O5. The summed E-state index contributed by atoms with van der Waals surface area (Å²) in [7, 11) is 1.48. The first-order valence-corrected chi connectivity index (χ1v) is 14.5. The van der Waals surface area contributed by atoms with Crippen molar-refractivity contribution >= 4 is 54.9 Å². The molecular weight excluding hydrogens is 656 g/mol. The van der Waals surface area contributed by atoms with Crippen LogP contribution in [0.1, 0.15) is 43.4 Å². The Morgan fingerprint density at radius 1 is 1.12 bits per heavy atom. The van der Waals surface area contributed by atoms with Gasteiger partial charge in [0, 0.05) is 15.6 Å². The minimum atomic E-state index is -0.623. The third kappa shape index (κ3) is 6.31. The SMILES string of the molecule is CCOc1cc(C)c(-c2nc3ccccc3c(=O)n2N=Cc2cc(OC)c(OCC(N)=O)c(Br)c2Br)cc1C(C)C. The molecule has 0 radical (unpaired) electrons. The third-order valence-corrected chi connectivity index (χ3v) is 8.46. The summed E-state index contributed by atoms with van der Waals surface area (Å²) in [5.41, 5.74) is 8.74. The van der Waals surface area contributed by atoms with Crippen LogP contribution in [0.2, 0.25) is 0 Å². The van der Waals surface area contributed by atoms with Crippen molar-refractivity contribution in [2.45, 2.75) is 33.6 Å². The molecule has 4 aromatic rings. The first-order chi connectivity index (χ1) is 19.6. The van der Waals surface area contributed by atoms with Crippen LogP contribution >= 0.6 is 31.9 Å². The lowest BCUT2D eigenvalue weighted by atomic mass is 9.96. The minimum Gasteiger partial charge on any atom is -0.494 e. The fraction of sp³-hybridized carbons (Fsp3) is 0.267. The summed E-state index contributed by atoms with van der Waals surface area (Å²) in [5, 5.41) is 5.06. The molecule has 214 valence electrons. The molecule has 0 spiro atoms. The number of para-hydroxylation sites is 1. The zero-order valence-electron chi connectivity index (χ0n) is 23.3. The second-order valence-corrected chi connectivity index (χ2v) is 11.1. The Morgan fingerprint density at radius 2 is 1.85 bits per heavy atom. The topological polar surface area (TPSA) is 118 Å². The highest BCUT2D eigenvalue weighted by Gasteiger charge is 2.20. The van der Waals surface area contributed by atoms with Gasteiger partial charge in [0.05, 0.1) is 35.3 Å². The third-order valence-electron chi connectivity index (χ3n) is 6.32. The van der Waals surface area contributed by atoms with Gasteiger partial charge in [0.1, 0.15) is 5.75 Å². The fourth-order valence-electron chi connectivity index (χ4n) is 4.32. The van der Waals surface area contributed by atoms with Crippen molar-refractivity contribution in [2.75, 3.05) is 20.3 Å². The molecule has 0 bridgehead atoms. The molecule has 3 aromatic carbocycles. The molecule has 4 rings (SSSR count). The lowest BCUT2D eigenvalue weighted by Crippen LogP contribution is -2.21. The number of aryl methyl sites for hydroxylation is 1. The summed E-state index contributed by atoms with van der Waals surface area (Å²) in [6.45, 7) is 8.32. The molecule has 0 saturated carbocycles. The van der Waals surface area contributed by atoms with Crippen molar-refractivity contribution in [2.24, 2.45) is 10.8 Å². The van der Waals surface area contributed by atoms with E-state index in [2.05, 4.69) is 50.8 Å². The van der Waals surface area contributed by atoms with Gasteiger partial charge in [-0.3, -0.25) is 9.59 Å². The highest BCUT2D eigenvalue weighted by atomic mass is 79.9.